The summed E-state index contributed by atoms with van der Waals surface area (Å²) in [5, 5.41) is 1.31. The maximum Gasteiger partial charge on any atom is 0.241 e. The SMILES string of the molecule is CN1C(=O)C(Cc2ccc(N3c4ccccc4Sc4ccccc43)s2)C(=O)N(C)C1=S. The summed E-state index contributed by atoms with van der Waals surface area (Å²) in [7, 11) is 3.25. The molecule has 0 unspecified atom stereocenters. The number of anilines is 3. The van der Waals surface area contributed by atoms with Crippen molar-refractivity contribution in [1.82, 2.24) is 9.80 Å². The molecule has 2 aliphatic rings. The van der Waals surface area contributed by atoms with Crippen LogP contribution in [0.1, 0.15) is 4.88 Å². The highest BCUT2D eigenvalue weighted by Crippen LogP contribution is 2.52. The largest absolute Gasteiger partial charge is 0.300 e. The van der Waals surface area contributed by atoms with E-state index in [1.54, 1.807) is 37.2 Å². The number of fused-ring (bicyclic) bond motifs is 2. The highest BCUT2D eigenvalue weighted by atomic mass is 32.2. The fourth-order valence-corrected chi connectivity index (χ4v) is 6.22. The van der Waals surface area contributed by atoms with Gasteiger partial charge in [-0.25, -0.2) is 0 Å². The molecule has 3 heterocycles. The molecule has 0 bridgehead atoms. The molecule has 0 aliphatic carbocycles. The van der Waals surface area contributed by atoms with Crippen LogP contribution < -0.4 is 4.90 Å². The summed E-state index contributed by atoms with van der Waals surface area (Å²) in [6, 6.07) is 20.8. The lowest BCUT2D eigenvalue weighted by Crippen LogP contribution is -2.57. The second-order valence-corrected chi connectivity index (χ2v) is 10.0. The van der Waals surface area contributed by atoms with E-state index in [9.17, 15) is 9.59 Å². The number of hydrogen-bond donors (Lipinski definition) is 0. The van der Waals surface area contributed by atoms with Gasteiger partial charge in [-0.15, -0.1) is 11.3 Å². The number of benzene rings is 2. The molecule has 0 saturated carbocycles. The molecule has 2 aliphatic heterocycles. The monoisotopic (exact) mass is 465 g/mol. The van der Waals surface area contributed by atoms with Gasteiger partial charge in [-0.2, -0.15) is 0 Å². The number of carbonyl (C=O) groups is 2. The Balaban J connectivity index is 1.49. The number of thiocarbonyl (C=S) groups is 1. The first kappa shape index (κ1) is 20.2. The van der Waals surface area contributed by atoms with Crippen molar-refractivity contribution < 1.29 is 9.59 Å². The van der Waals surface area contributed by atoms with E-state index in [0.29, 0.717) is 6.42 Å². The minimum Gasteiger partial charge on any atom is -0.300 e. The smallest absolute Gasteiger partial charge is 0.241 e. The van der Waals surface area contributed by atoms with Gasteiger partial charge in [0, 0.05) is 35.2 Å². The van der Waals surface area contributed by atoms with Crippen molar-refractivity contribution in [3.05, 3.63) is 65.5 Å². The molecule has 156 valence electrons. The van der Waals surface area contributed by atoms with E-state index in [2.05, 4.69) is 47.4 Å². The first-order chi connectivity index (χ1) is 15.0. The molecular weight excluding hydrogens is 446 g/mol. The van der Waals surface area contributed by atoms with Crippen molar-refractivity contribution in [2.45, 2.75) is 16.2 Å². The van der Waals surface area contributed by atoms with E-state index >= 15 is 0 Å². The summed E-state index contributed by atoms with van der Waals surface area (Å²) in [4.78, 5) is 33.9. The summed E-state index contributed by atoms with van der Waals surface area (Å²) < 4.78 is 0. The van der Waals surface area contributed by atoms with Crippen molar-refractivity contribution in [3.8, 4) is 0 Å². The van der Waals surface area contributed by atoms with Crippen LogP contribution in [-0.2, 0) is 16.0 Å². The van der Waals surface area contributed by atoms with Gasteiger partial charge in [0.15, 0.2) is 5.11 Å². The van der Waals surface area contributed by atoms with Gasteiger partial charge < -0.3 is 0 Å². The van der Waals surface area contributed by atoms with Gasteiger partial charge in [-0.05, 0) is 48.6 Å². The Kier molecular flexibility index (Phi) is 5.08. The molecule has 0 radical (unpaired) electrons. The summed E-state index contributed by atoms with van der Waals surface area (Å²) in [6.07, 6.45) is 0.367. The van der Waals surface area contributed by atoms with E-state index in [0.717, 1.165) is 21.3 Å². The van der Waals surface area contributed by atoms with Crippen LogP contribution in [0.5, 0.6) is 0 Å². The van der Waals surface area contributed by atoms with Gasteiger partial charge in [0.1, 0.15) is 10.9 Å². The highest BCUT2D eigenvalue weighted by molar-refractivity contribution is 7.99. The lowest BCUT2D eigenvalue weighted by molar-refractivity contribution is -0.145. The molecule has 1 aromatic heterocycles. The number of hydrogen-bond acceptors (Lipinski definition) is 6. The quantitative estimate of drug-likeness (QED) is 0.313. The predicted molar refractivity (Wildman–Crippen MR) is 128 cm³/mol. The number of thiophene rings is 1. The summed E-state index contributed by atoms with van der Waals surface area (Å²) in [5.74, 6) is -1.23. The zero-order valence-electron chi connectivity index (χ0n) is 16.9. The van der Waals surface area contributed by atoms with Crippen LogP contribution in [0.3, 0.4) is 0 Å². The predicted octanol–water partition coefficient (Wildman–Crippen LogP) is 5.06. The summed E-state index contributed by atoms with van der Waals surface area (Å²) in [5.41, 5.74) is 2.27. The molecule has 1 saturated heterocycles. The molecule has 0 atom stereocenters. The third kappa shape index (κ3) is 3.35. The summed E-state index contributed by atoms with van der Waals surface area (Å²) in [6.45, 7) is 0. The van der Waals surface area contributed by atoms with Gasteiger partial charge in [0.25, 0.3) is 0 Å². The van der Waals surface area contributed by atoms with Gasteiger partial charge in [0.05, 0.1) is 11.4 Å². The first-order valence-corrected chi connectivity index (χ1v) is 11.8. The van der Waals surface area contributed by atoms with Gasteiger partial charge in [0.2, 0.25) is 11.8 Å². The molecule has 1 fully saturated rings. The lowest BCUT2D eigenvalue weighted by atomic mass is 9.99. The molecule has 5 nitrogen and oxygen atoms in total. The standard InChI is InChI=1S/C23H19N3O2S3/c1-24-21(27)15(22(28)25(2)23(24)29)13-14-11-12-20(30-14)26-16-7-3-5-9-18(16)31-19-10-6-4-8-17(19)26/h3-12,15H,13H2,1-2H3. The van der Waals surface area contributed by atoms with Crippen LogP contribution in [0.25, 0.3) is 0 Å². The molecule has 3 aromatic rings. The molecule has 8 heteroatoms. The number of para-hydroxylation sites is 2. The molecule has 5 rings (SSSR count). The topological polar surface area (TPSA) is 43.9 Å². The molecule has 2 aromatic carbocycles. The highest BCUT2D eigenvalue weighted by Gasteiger charge is 2.40. The fraction of sp³-hybridized carbons (Fsp3) is 0.174. The zero-order chi connectivity index (χ0) is 21.7. The second-order valence-electron chi connectivity index (χ2n) is 7.45. The Labute approximate surface area is 194 Å². The van der Waals surface area contributed by atoms with Gasteiger partial charge in [-0.1, -0.05) is 36.0 Å². The van der Waals surface area contributed by atoms with Crippen LogP contribution in [0.4, 0.5) is 16.4 Å². The van der Waals surface area contributed by atoms with E-state index in [1.807, 2.05) is 18.2 Å². The maximum atomic E-state index is 12.7. The number of nitrogens with zero attached hydrogens (tertiary/aromatic N) is 3. The summed E-state index contributed by atoms with van der Waals surface area (Å²) >= 11 is 8.57. The van der Waals surface area contributed by atoms with Crippen molar-refractivity contribution in [3.63, 3.8) is 0 Å². The third-order valence-corrected chi connectivity index (χ3v) is 8.31. The Bertz CT molecular complexity index is 1150. The Hall–Kier alpha value is -2.68. The Morgan fingerprint density at radius 1 is 0.839 bits per heavy atom. The van der Waals surface area contributed by atoms with Crippen LogP contribution in [0, 0.1) is 5.92 Å². The van der Waals surface area contributed by atoms with Crippen LogP contribution in [0.2, 0.25) is 0 Å². The van der Waals surface area contributed by atoms with Gasteiger partial charge in [-0.3, -0.25) is 24.3 Å². The average Bonchev–Trinajstić information content (AvgIpc) is 3.25. The zero-order valence-corrected chi connectivity index (χ0v) is 19.4. The number of carbonyl (C=O) groups excluding carboxylic acids is 2. The Morgan fingerprint density at radius 3 is 1.97 bits per heavy atom. The van der Waals surface area contributed by atoms with E-state index < -0.39 is 5.92 Å². The second kappa shape index (κ2) is 7.78. The first-order valence-electron chi connectivity index (χ1n) is 9.79. The maximum absolute atomic E-state index is 12.7. The minimum atomic E-state index is -0.746. The average molecular weight is 466 g/mol. The van der Waals surface area contributed by atoms with Crippen LogP contribution >= 0.6 is 35.3 Å². The number of amides is 2. The van der Waals surface area contributed by atoms with E-state index in [-0.39, 0.29) is 16.9 Å². The lowest BCUT2D eigenvalue weighted by Gasteiger charge is -2.35. The third-order valence-electron chi connectivity index (χ3n) is 5.54. The van der Waals surface area contributed by atoms with E-state index in [1.165, 1.54) is 19.6 Å². The molecular formula is C23H19N3O2S3. The molecule has 2 amide bonds. The molecule has 31 heavy (non-hydrogen) atoms. The minimum absolute atomic E-state index is 0.242. The van der Waals surface area contributed by atoms with Gasteiger partial charge >= 0.3 is 0 Å². The fourth-order valence-electron chi connectivity index (χ4n) is 3.90. The van der Waals surface area contributed by atoms with Crippen LogP contribution in [0.15, 0.2) is 70.5 Å². The normalized spacial score (nSPS) is 16.6. The van der Waals surface area contributed by atoms with Crippen LogP contribution in [-0.4, -0.2) is 40.8 Å². The van der Waals surface area contributed by atoms with Crippen molar-refractivity contribution >= 4 is 68.6 Å². The Morgan fingerprint density at radius 2 is 1.39 bits per heavy atom. The molecule has 0 spiro atoms. The number of rotatable bonds is 3. The van der Waals surface area contributed by atoms with Crippen molar-refractivity contribution in [2.24, 2.45) is 5.92 Å². The van der Waals surface area contributed by atoms with Crippen molar-refractivity contribution in [2.75, 3.05) is 19.0 Å². The molecule has 0 N–H and O–H groups in total. The van der Waals surface area contributed by atoms with Crippen molar-refractivity contribution in [1.29, 1.82) is 0 Å². The van der Waals surface area contributed by atoms with E-state index in [4.69, 9.17) is 12.2 Å².